The summed E-state index contributed by atoms with van der Waals surface area (Å²) < 4.78 is 13.7. The molecule has 5 heteroatoms. The molecule has 2 atom stereocenters. The zero-order valence-corrected chi connectivity index (χ0v) is 19.0. The van der Waals surface area contributed by atoms with Gasteiger partial charge in [0.2, 0.25) is 0 Å². The van der Waals surface area contributed by atoms with Crippen molar-refractivity contribution in [2.75, 3.05) is 19.6 Å². The normalized spacial score (nSPS) is 18.5. The van der Waals surface area contributed by atoms with Crippen LogP contribution in [0.15, 0.2) is 84.9 Å². The quantitative estimate of drug-likeness (QED) is 0.398. The van der Waals surface area contributed by atoms with Gasteiger partial charge in [-0.15, -0.1) is 0 Å². The number of nitrogens with zero attached hydrogens (tertiary/aromatic N) is 3. The van der Waals surface area contributed by atoms with E-state index in [2.05, 4.69) is 57.6 Å². The van der Waals surface area contributed by atoms with Gasteiger partial charge in [0, 0.05) is 36.2 Å². The summed E-state index contributed by atoms with van der Waals surface area (Å²) in [5.74, 6) is 0.293. The second-order valence-corrected chi connectivity index (χ2v) is 8.99. The van der Waals surface area contributed by atoms with Gasteiger partial charge in [0.1, 0.15) is 5.82 Å². The molecule has 4 aromatic rings. The molecule has 34 heavy (non-hydrogen) atoms. The Bertz CT molecular complexity index is 1270. The lowest BCUT2D eigenvalue weighted by atomic mass is 9.78. The second kappa shape index (κ2) is 10.0. The van der Waals surface area contributed by atoms with Crippen LogP contribution in [0.25, 0.3) is 11.3 Å². The summed E-state index contributed by atoms with van der Waals surface area (Å²) in [6.07, 6.45) is 2.02. The molecule has 1 fully saturated rings. The first kappa shape index (κ1) is 22.1. The van der Waals surface area contributed by atoms with E-state index >= 15 is 0 Å². The van der Waals surface area contributed by atoms with E-state index in [1.807, 2.05) is 30.3 Å². The summed E-state index contributed by atoms with van der Waals surface area (Å²) in [4.78, 5) is 2.52. The molecule has 0 aliphatic carbocycles. The number of H-pyrrole nitrogens is 1. The molecule has 1 aromatic heterocycles. The fourth-order valence-electron chi connectivity index (χ4n) is 5.00. The lowest BCUT2D eigenvalue weighted by molar-refractivity contribution is 0.189. The Labute approximate surface area is 199 Å². The Morgan fingerprint density at radius 3 is 2.59 bits per heavy atom. The van der Waals surface area contributed by atoms with Crippen molar-refractivity contribution in [1.82, 2.24) is 15.1 Å². The third-order valence-corrected chi connectivity index (χ3v) is 6.84. The molecular formula is C29H27FN4. The van der Waals surface area contributed by atoms with Crippen LogP contribution in [0.2, 0.25) is 0 Å². The van der Waals surface area contributed by atoms with Gasteiger partial charge in [-0.3, -0.25) is 5.10 Å². The minimum atomic E-state index is -0.210. The van der Waals surface area contributed by atoms with Crippen molar-refractivity contribution in [3.8, 4) is 17.3 Å². The van der Waals surface area contributed by atoms with Crippen LogP contribution in [0, 0.1) is 17.1 Å². The number of aromatic nitrogens is 2. The molecule has 1 saturated heterocycles. The van der Waals surface area contributed by atoms with E-state index < -0.39 is 0 Å². The van der Waals surface area contributed by atoms with Gasteiger partial charge >= 0.3 is 0 Å². The van der Waals surface area contributed by atoms with Crippen LogP contribution in [-0.4, -0.2) is 34.7 Å². The molecule has 1 N–H and O–H groups in total. The molecular weight excluding hydrogens is 423 g/mol. The Balaban J connectivity index is 1.38. The van der Waals surface area contributed by atoms with E-state index in [-0.39, 0.29) is 17.7 Å². The first-order valence-corrected chi connectivity index (χ1v) is 11.8. The number of nitrogens with one attached hydrogen (secondary N) is 1. The van der Waals surface area contributed by atoms with Crippen LogP contribution >= 0.6 is 0 Å². The maximum atomic E-state index is 13.7. The van der Waals surface area contributed by atoms with Gasteiger partial charge < -0.3 is 4.90 Å². The molecule has 2 heterocycles. The van der Waals surface area contributed by atoms with E-state index in [0.29, 0.717) is 5.56 Å². The molecule has 0 bridgehead atoms. The van der Waals surface area contributed by atoms with Crippen LogP contribution in [-0.2, 0) is 6.42 Å². The highest BCUT2D eigenvalue weighted by atomic mass is 19.1. The molecule has 1 aliphatic rings. The molecule has 0 amide bonds. The third-order valence-electron chi connectivity index (χ3n) is 6.84. The number of hydrogen-bond acceptors (Lipinski definition) is 3. The maximum absolute atomic E-state index is 13.7. The van der Waals surface area contributed by atoms with Crippen molar-refractivity contribution in [3.63, 3.8) is 0 Å². The van der Waals surface area contributed by atoms with E-state index in [9.17, 15) is 9.65 Å². The lowest BCUT2D eigenvalue weighted by Crippen LogP contribution is -2.39. The van der Waals surface area contributed by atoms with Crippen molar-refractivity contribution in [1.29, 1.82) is 5.26 Å². The summed E-state index contributed by atoms with van der Waals surface area (Å²) in [6, 6.07) is 29.4. The monoisotopic (exact) mass is 450 g/mol. The SMILES string of the molecule is N#Cc1cccc(-c2cc([C@@H]3CCN(CCc4ccccc4)C[C@H]3c3ccc(F)cc3)[nH]n2)c1. The number of halogens is 1. The predicted octanol–water partition coefficient (Wildman–Crippen LogP) is 5.90. The van der Waals surface area contributed by atoms with Crippen LogP contribution in [0.5, 0.6) is 0 Å². The molecule has 0 spiro atoms. The summed E-state index contributed by atoms with van der Waals surface area (Å²) in [6.45, 7) is 2.93. The topological polar surface area (TPSA) is 55.7 Å². The molecule has 0 radical (unpaired) electrons. The van der Waals surface area contributed by atoms with Crippen molar-refractivity contribution in [2.24, 2.45) is 0 Å². The Hall–Kier alpha value is -3.75. The van der Waals surface area contributed by atoms with Gasteiger partial charge in [0.05, 0.1) is 17.3 Å². The molecule has 0 saturated carbocycles. The van der Waals surface area contributed by atoms with Crippen molar-refractivity contribution >= 4 is 0 Å². The zero-order valence-electron chi connectivity index (χ0n) is 19.0. The van der Waals surface area contributed by atoms with E-state index in [4.69, 9.17) is 0 Å². The molecule has 0 unspecified atom stereocenters. The zero-order chi connectivity index (χ0) is 23.3. The van der Waals surface area contributed by atoms with Crippen molar-refractivity contribution in [2.45, 2.75) is 24.7 Å². The molecule has 4 nitrogen and oxygen atoms in total. The smallest absolute Gasteiger partial charge is 0.123 e. The summed E-state index contributed by atoms with van der Waals surface area (Å²) in [5.41, 5.74) is 5.99. The van der Waals surface area contributed by atoms with E-state index in [1.165, 1.54) is 5.56 Å². The number of aromatic amines is 1. The number of likely N-dealkylation sites (tertiary alicyclic amines) is 1. The molecule has 3 aromatic carbocycles. The number of hydrogen-bond donors (Lipinski definition) is 1. The number of nitriles is 1. The number of rotatable bonds is 6. The number of piperidine rings is 1. The Kier molecular flexibility index (Phi) is 6.51. The standard InChI is InChI=1S/C29H27FN4/c30-25-11-9-23(10-12-25)27-20-34(15-13-21-5-2-1-3-6-21)16-14-26(27)29-18-28(32-33-29)24-8-4-7-22(17-24)19-31/h1-12,17-18,26-27H,13-16,20H2,(H,32,33)/t26-,27+/m1/s1. The summed E-state index contributed by atoms with van der Waals surface area (Å²) in [7, 11) is 0. The van der Waals surface area contributed by atoms with Gasteiger partial charge in [-0.05, 0) is 60.8 Å². The molecule has 5 rings (SSSR count). The van der Waals surface area contributed by atoms with Crippen LogP contribution in [0.3, 0.4) is 0 Å². The van der Waals surface area contributed by atoms with Crippen LogP contribution in [0.4, 0.5) is 4.39 Å². The maximum Gasteiger partial charge on any atom is 0.123 e. The fraction of sp³-hybridized carbons (Fsp3) is 0.241. The van der Waals surface area contributed by atoms with Gasteiger partial charge in [0.15, 0.2) is 0 Å². The number of benzene rings is 3. The van der Waals surface area contributed by atoms with Gasteiger partial charge in [0.25, 0.3) is 0 Å². The highest BCUT2D eigenvalue weighted by Crippen LogP contribution is 2.40. The van der Waals surface area contributed by atoms with Gasteiger partial charge in [-0.1, -0.05) is 54.6 Å². The minimum Gasteiger partial charge on any atom is -0.302 e. The van der Waals surface area contributed by atoms with Crippen LogP contribution in [0.1, 0.15) is 40.6 Å². The highest BCUT2D eigenvalue weighted by molar-refractivity contribution is 5.61. The summed E-state index contributed by atoms with van der Waals surface area (Å²) in [5, 5.41) is 17.1. The average molecular weight is 451 g/mol. The van der Waals surface area contributed by atoms with Crippen molar-refractivity contribution < 1.29 is 4.39 Å². The Morgan fingerprint density at radius 1 is 0.971 bits per heavy atom. The minimum absolute atomic E-state index is 0.210. The highest BCUT2D eigenvalue weighted by Gasteiger charge is 2.32. The van der Waals surface area contributed by atoms with Gasteiger partial charge in [-0.2, -0.15) is 10.4 Å². The average Bonchev–Trinajstić information content (AvgIpc) is 3.39. The fourth-order valence-corrected chi connectivity index (χ4v) is 5.00. The lowest BCUT2D eigenvalue weighted by Gasteiger charge is -2.38. The van der Waals surface area contributed by atoms with Gasteiger partial charge in [-0.25, -0.2) is 4.39 Å². The first-order chi connectivity index (χ1) is 16.7. The largest absolute Gasteiger partial charge is 0.302 e. The second-order valence-electron chi connectivity index (χ2n) is 8.99. The van der Waals surface area contributed by atoms with Crippen molar-refractivity contribution in [3.05, 3.63) is 113 Å². The molecule has 170 valence electrons. The molecule has 1 aliphatic heterocycles. The van der Waals surface area contributed by atoms with Crippen LogP contribution < -0.4 is 0 Å². The van der Waals surface area contributed by atoms with E-state index in [0.717, 1.165) is 55.0 Å². The first-order valence-electron chi connectivity index (χ1n) is 11.8. The summed E-state index contributed by atoms with van der Waals surface area (Å²) >= 11 is 0. The third kappa shape index (κ3) is 4.93. The van der Waals surface area contributed by atoms with E-state index in [1.54, 1.807) is 18.2 Å². The predicted molar refractivity (Wildman–Crippen MR) is 132 cm³/mol. The Morgan fingerprint density at radius 2 is 1.79 bits per heavy atom.